The van der Waals surface area contributed by atoms with E-state index in [9.17, 15) is 0 Å². The van der Waals surface area contributed by atoms with E-state index in [0.717, 1.165) is 29.0 Å². The lowest BCUT2D eigenvalue weighted by atomic mass is 9.96. The zero-order valence-electron chi connectivity index (χ0n) is 7.47. The first-order valence-electron chi connectivity index (χ1n) is 4.36. The third-order valence-electron chi connectivity index (χ3n) is 2.67. The van der Waals surface area contributed by atoms with Crippen molar-refractivity contribution in [1.29, 1.82) is 5.26 Å². The number of benzene rings is 1. The summed E-state index contributed by atoms with van der Waals surface area (Å²) in [7, 11) is 0. The van der Waals surface area contributed by atoms with Gasteiger partial charge in [-0.3, -0.25) is 0 Å². The Kier molecular flexibility index (Phi) is 1.82. The van der Waals surface area contributed by atoms with E-state index in [4.69, 9.17) is 16.9 Å². The van der Waals surface area contributed by atoms with Gasteiger partial charge in [-0.15, -0.1) is 0 Å². The standard InChI is InChI=1S/C11H10ClN/c1-8-6-9(2-3-10(8)12)11(7-13)4-5-11/h2-3,6H,4-5H2,1H3. The van der Waals surface area contributed by atoms with Gasteiger partial charge in [0, 0.05) is 5.02 Å². The lowest BCUT2D eigenvalue weighted by molar-refractivity contribution is 0.906. The number of nitrogens with zero attached hydrogens (tertiary/aromatic N) is 1. The van der Waals surface area contributed by atoms with Crippen LogP contribution in [0, 0.1) is 18.3 Å². The van der Waals surface area contributed by atoms with Crippen molar-refractivity contribution >= 4 is 11.6 Å². The Bertz CT molecular complexity index is 386. The highest BCUT2D eigenvalue weighted by molar-refractivity contribution is 6.31. The monoisotopic (exact) mass is 191 g/mol. The van der Waals surface area contributed by atoms with Crippen molar-refractivity contribution < 1.29 is 0 Å². The Hall–Kier alpha value is -1.000. The molecule has 0 unspecified atom stereocenters. The zero-order valence-corrected chi connectivity index (χ0v) is 8.23. The second-order valence-corrected chi connectivity index (χ2v) is 4.07. The maximum Gasteiger partial charge on any atom is 0.0823 e. The number of halogens is 1. The van der Waals surface area contributed by atoms with Gasteiger partial charge in [0.2, 0.25) is 0 Å². The van der Waals surface area contributed by atoms with Gasteiger partial charge in [0.05, 0.1) is 11.5 Å². The van der Waals surface area contributed by atoms with Crippen LogP contribution < -0.4 is 0 Å². The fourth-order valence-electron chi connectivity index (χ4n) is 1.53. The fraction of sp³-hybridized carbons (Fsp3) is 0.364. The van der Waals surface area contributed by atoms with Crippen molar-refractivity contribution in [3.8, 4) is 6.07 Å². The van der Waals surface area contributed by atoms with Crippen LogP contribution >= 0.6 is 11.6 Å². The molecule has 13 heavy (non-hydrogen) atoms. The Morgan fingerprint density at radius 3 is 2.62 bits per heavy atom. The van der Waals surface area contributed by atoms with Gasteiger partial charge in [0.25, 0.3) is 0 Å². The summed E-state index contributed by atoms with van der Waals surface area (Å²) in [5.74, 6) is 0. The molecule has 66 valence electrons. The van der Waals surface area contributed by atoms with Crippen LogP contribution in [0.5, 0.6) is 0 Å². The van der Waals surface area contributed by atoms with Gasteiger partial charge < -0.3 is 0 Å². The van der Waals surface area contributed by atoms with E-state index in [-0.39, 0.29) is 5.41 Å². The van der Waals surface area contributed by atoms with Crippen molar-refractivity contribution in [2.24, 2.45) is 0 Å². The van der Waals surface area contributed by atoms with Crippen LogP contribution in [0.4, 0.5) is 0 Å². The first-order chi connectivity index (χ1) is 6.18. The van der Waals surface area contributed by atoms with Gasteiger partial charge in [0.15, 0.2) is 0 Å². The van der Waals surface area contributed by atoms with E-state index < -0.39 is 0 Å². The van der Waals surface area contributed by atoms with E-state index in [1.54, 1.807) is 0 Å². The highest BCUT2D eigenvalue weighted by Crippen LogP contribution is 2.47. The molecule has 0 N–H and O–H groups in total. The molecule has 0 amide bonds. The number of rotatable bonds is 1. The molecule has 0 saturated heterocycles. The van der Waals surface area contributed by atoms with Crippen LogP contribution in [0.25, 0.3) is 0 Å². The molecule has 0 aromatic heterocycles. The molecule has 0 heterocycles. The Balaban J connectivity index is 2.44. The Morgan fingerprint density at radius 1 is 1.46 bits per heavy atom. The molecule has 0 atom stereocenters. The normalized spacial score (nSPS) is 17.9. The predicted molar refractivity (Wildman–Crippen MR) is 52.7 cm³/mol. The molecule has 2 rings (SSSR count). The summed E-state index contributed by atoms with van der Waals surface area (Å²) < 4.78 is 0. The molecule has 1 aromatic carbocycles. The van der Waals surface area contributed by atoms with Crippen molar-refractivity contribution in [1.82, 2.24) is 0 Å². The van der Waals surface area contributed by atoms with Crippen LogP contribution in [0.1, 0.15) is 24.0 Å². The minimum atomic E-state index is -0.185. The van der Waals surface area contributed by atoms with Crippen LogP contribution in [-0.4, -0.2) is 0 Å². The number of nitriles is 1. The summed E-state index contributed by atoms with van der Waals surface area (Å²) in [6.45, 7) is 1.97. The molecule has 1 fully saturated rings. The van der Waals surface area contributed by atoms with Gasteiger partial charge in [-0.2, -0.15) is 5.26 Å². The van der Waals surface area contributed by atoms with Crippen molar-refractivity contribution in [3.63, 3.8) is 0 Å². The second kappa shape index (κ2) is 2.75. The van der Waals surface area contributed by atoms with E-state index in [1.165, 1.54) is 0 Å². The topological polar surface area (TPSA) is 23.8 Å². The molecule has 1 aliphatic rings. The highest BCUT2D eigenvalue weighted by atomic mass is 35.5. The Labute approximate surface area is 82.9 Å². The lowest BCUT2D eigenvalue weighted by Gasteiger charge is -2.07. The van der Waals surface area contributed by atoms with Crippen LogP contribution in [0.2, 0.25) is 5.02 Å². The molecule has 0 spiro atoms. The minimum Gasteiger partial charge on any atom is -0.197 e. The molecule has 1 nitrogen and oxygen atoms in total. The summed E-state index contributed by atoms with van der Waals surface area (Å²) in [4.78, 5) is 0. The quantitative estimate of drug-likeness (QED) is 0.669. The summed E-state index contributed by atoms with van der Waals surface area (Å²) in [5, 5.41) is 9.76. The van der Waals surface area contributed by atoms with Crippen LogP contribution in [-0.2, 0) is 5.41 Å². The van der Waals surface area contributed by atoms with Gasteiger partial charge in [-0.05, 0) is 37.0 Å². The molecule has 0 aliphatic heterocycles. The molecular weight excluding hydrogens is 182 g/mol. The number of hydrogen-bond donors (Lipinski definition) is 0. The smallest absolute Gasteiger partial charge is 0.0823 e. The third-order valence-corrected chi connectivity index (χ3v) is 3.10. The zero-order chi connectivity index (χ0) is 9.47. The van der Waals surface area contributed by atoms with Gasteiger partial charge in [-0.25, -0.2) is 0 Å². The maximum atomic E-state index is 8.99. The molecule has 0 radical (unpaired) electrons. The fourth-order valence-corrected chi connectivity index (χ4v) is 1.65. The van der Waals surface area contributed by atoms with Crippen LogP contribution in [0.15, 0.2) is 18.2 Å². The molecular formula is C11H10ClN. The number of aryl methyl sites for hydroxylation is 1. The minimum absolute atomic E-state index is 0.185. The average molecular weight is 192 g/mol. The van der Waals surface area contributed by atoms with Crippen molar-refractivity contribution in [2.45, 2.75) is 25.2 Å². The van der Waals surface area contributed by atoms with Crippen LogP contribution in [0.3, 0.4) is 0 Å². The SMILES string of the molecule is Cc1cc(C2(C#N)CC2)ccc1Cl. The second-order valence-electron chi connectivity index (χ2n) is 3.66. The first kappa shape index (κ1) is 8.59. The van der Waals surface area contributed by atoms with Gasteiger partial charge >= 0.3 is 0 Å². The largest absolute Gasteiger partial charge is 0.197 e. The van der Waals surface area contributed by atoms with Crippen molar-refractivity contribution in [3.05, 3.63) is 34.3 Å². The van der Waals surface area contributed by atoms with Crippen molar-refractivity contribution in [2.75, 3.05) is 0 Å². The summed E-state index contributed by atoms with van der Waals surface area (Å²) in [6.07, 6.45) is 1.98. The highest BCUT2D eigenvalue weighted by Gasteiger charge is 2.44. The summed E-state index contributed by atoms with van der Waals surface area (Å²) >= 11 is 5.91. The van der Waals surface area contributed by atoms with Gasteiger partial charge in [-0.1, -0.05) is 23.7 Å². The number of hydrogen-bond acceptors (Lipinski definition) is 1. The van der Waals surface area contributed by atoms with E-state index in [2.05, 4.69) is 6.07 Å². The molecule has 1 saturated carbocycles. The van der Waals surface area contributed by atoms with Gasteiger partial charge in [0.1, 0.15) is 0 Å². The maximum absolute atomic E-state index is 8.99. The first-order valence-corrected chi connectivity index (χ1v) is 4.74. The Morgan fingerprint density at radius 2 is 2.15 bits per heavy atom. The predicted octanol–water partition coefficient (Wildman–Crippen LogP) is 3.20. The lowest BCUT2D eigenvalue weighted by Crippen LogP contribution is -2.02. The summed E-state index contributed by atoms with van der Waals surface area (Å²) in [6, 6.07) is 8.24. The molecule has 1 aliphatic carbocycles. The van der Waals surface area contributed by atoms with E-state index in [0.29, 0.717) is 0 Å². The molecule has 0 bridgehead atoms. The molecule has 1 aromatic rings. The van der Waals surface area contributed by atoms with E-state index >= 15 is 0 Å². The third kappa shape index (κ3) is 1.32. The summed E-state index contributed by atoms with van der Waals surface area (Å²) in [5.41, 5.74) is 1.99. The molecule has 2 heteroatoms. The average Bonchev–Trinajstić information content (AvgIpc) is 2.90. The van der Waals surface area contributed by atoms with E-state index in [1.807, 2.05) is 25.1 Å².